The first-order valence-electron chi connectivity index (χ1n) is 11.1. The predicted octanol–water partition coefficient (Wildman–Crippen LogP) is 4.28. The molecule has 0 N–H and O–H groups in total. The van der Waals surface area contributed by atoms with Crippen LogP contribution in [0.3, 0.4) is 0 Å². The van der Waals surface area contributed by atoms with Crippen LogP contribution in [0.15, 0.2) is 73.1 Å². The van der Waals surface area contributed by atoms with Gasteiger partial charge in [0.1, 0.15) is 5.75 Å². The molecule has 0 bridgehead atoms. The summed E-state index contributed by atoms with van der Waals surface area (Å²) >= 11 is 0. The number of likely N-dealkylation sites (tertiary alicyclic amines) is 1. The number of carbonyl (C=O) groups is 1. The Morgan fingerprint density at radius 1 is 1.03 bits per heavy atom. The first kappa shape index (κ1) is 22.0. The van der Waals surface area contributed by atoms with Gasteiger partial charge in [0.2, 0.25) is 5.91 Å². The molecule has 5 heteroatoms. The number of hydrogen-bond donors (Lipinski definition) is 0. The number of benzene rings is 2. The summed E-state index contributed by atoms with van der Waals surface area (Å²) in [4.78, 5) is 21.6. The number of hydrogen-bond acceptors (Lipinski definition) is 4. The highest BCUT2D eigenvalue weighted by Gasteiger charge is 2.45. The molecular formula is C27H31N3O2. The maximum absolute atomic E-state index is 13.3. The third kappa shape index (κ3) is 4.68. The topological polar surface area (TPSA) is 45.7 Å². The predicted molar refractivity (Wildman–Crippen MR) is 127 cm³/mol. The number of carbonyl (C=O) groups excluding carboxylic acids is 1. The third-order valence-electron chi connectivity index (χ3n) is 6.39. The third-order valence-corrected chi connectivity index (χ3v) is 6.39. The number of nitrogens with zero attached hydrogens (tertiary/aromatic N) is 3. The Balaban J connectivity index is 1.53. The van der Waals surface area contributed by atoms with E-state index in [4.69, 9.17) is 4.74 Å². The van der Waals surface area contributed by atoms with E-state index in [9.17, 15) is 4.79 Å². The number of rotatable bonds is 7. The molecule has 0 unspecified atom stereocenters. The van der Waals surface area contributed by atoms with Gasteiger partial charge in [0, 0.05) is 45.1 Å². The van der Waals surface area contributed by atoms with E-state index < -0.39 is 5.41 Å². The molecule has 2 heterocycles. The van der Waals surface area contributed by atoms with E-state index in [1.807, 2.05) is 56.8 Å². The lowest BCUT2D eigenvalue weighted by molar-refractivity contribution is -0.138. The molecule has 1 amide bonds. The van der Waals surface area contributed by atoms with E-state index in [-0.39, 0.29) is 5.91 Å². The zero-order valence-corrected chi connectivity index (χ0v) is 19.1. The fourth-order valence-corrected chi connectivity index (χ4v) is 4.79. The molecule has 1 fully saturated rings. The Morgan fingerprint density at radius 3 is 2.41 bits per heavy atom. The average molecular weight is 430 g/mol. The van der Waals surface area contributed by atoms with Gasteiger partial charge in [0.25, 0.3) is 0 Å². The normalized spacial score (nSPS) is 18.5. The molecule has 1 atom stereocenters. The Kier molecular flexibility index (Phi) is 6.56. The van der Waals surface area contributed by atoms with Crippen LogP contribution >= 0.6 is 0 Å². The zero-order chi connectivity index (χ0) is 22.6. The number of pyridine rings is 1. The minimum absolute atomic E-state index is 0.207. The summed E-state index contributed by atoms with van der Waals surface area (Å²) < 4.78 is 5.53. The van der Waals surface area contributed by atoms with Crippen LogP contribution in [0.25, 0.3) is 11.1 Å². The van der Waals surface area contributed by atoms with Crippen molar-refractivity contribution in [2.45, 2.75) is 19.4 Å². The first-order valence-corrected chi connectivity index (χ1v) is 11.1. The van der Waals surface area contributed by atoms with Crippen molar-refractivity contribution in [2.24, 2.45) is 5.41 Å². The van der Waals surface area contributed by atoms with Crippen LogP contribution in [0, 0.1) is 5.41 Å². The van der Waals surface area contributed by atoms with Crippen molar-refractivity contribution in [3.05, 3.63) is 84.2 Å². The van der Waals surface area contributed by atoms with Crippen molar-refractivity contribution in [1.82, 2.24) is 14.8 Å². The number of methoxy groups -OCH3 is 1. The van der Waals surface area contributed by atoms with E-state index in [1.165, 1.54) is 5.56 Å². The van der Waals surface area contributed by atoms with Gasteiger partial charge in [-0.2, -0.15) is 0 Å². The molecule has 0 radical (unpaired) electrons. The fourth-order valence-electron chi connectivity index (χ4n) is 4.79. The highest BCUT2D eigenvalue weighted by atomic mass is 16.5. The monoisotopic (exact) mass is 429 g/mol. The molecule has 2 aromatic carbocycles. The second-order valence-corrected chi connectivity index (χ2v) is 8.86. The maximum Gasteiger partial charge on any atom is 0.229 e. The summed E-state index contributed by atoms with van der Waals surface area (Å²) in [6.07, 6.45) is 5.21. The Morgan fingerprint density at radius 2 is 1.72 bits per heavy atom. The standard InChI is InChI=1S/C27H31N3O2/c1-29(2)26(31)27(14-17-30(20-27)19-24-6-4-5-7-25(24)32-3)18-21-8-10-22(11-9-21)23-12-15-28-16-13-23/h4-13,15-16H,14,17-20H2,1-3H3/t27-/m0/s1. The summed E-state index contributed by atoms with van der Waals surface area (Å²) in [7, 11) is 5.43. The molecule has 0 spiro atoms. The van der Waals surface area contributed by atoms with Crippen LogP contribution in [0.2, 0.25) is 0 Å². The molecule has 32 heavy (non-hydrogen) atoms. The number of aromatic nitrogens is 1. The first-order chi connectivity index (χ1) is 15.5. The Labute approximate surface area is 190 Å². The summed E-state index contributed by atoms with van der Waals surface area (Å²) in [6.45, 7) is 2.42. The van der Waals surface area contributed by atoms with Gasteiger partial charge in [-0.3, -0.25) is 14.7 Å². The van der Waals surface area contributed by atoms with Gasteiger partial charge in [-0.25, -0.2) is 0 Å². The second kappa shape index (κ2) is 9.53. The van der Waals surface area contributed by atoms with Crippen LogP contribution in [0.1, 0.15) is 17.5 Å². The number of ether oxygens (including phenoxy) is 1. The van der Waals surface area contributed by atoms with Crippen LogP contribution in [-0.4, -0.2) is 55.0 Å². The van der Waals surface area contributed by atoms with Crippen LogP contribution in [0.5, 0.6) is 5.75 Å². The second-order valence-electron chi connectivity index (χ2n) is 8.86. The lowest BCUT2D eigenvalue weighted by Crippen LogP contribution is -2.43. The molecule has 1 aliphatic rings. The summed E-state index contributed by atoms with van der Waals surface area (Å²) in [5.74, 6) is 1.11. The lowest BCUT2D eigenvalue weighted by Gasteiger charge is -2.31. The summed E-state index contributed by atoms with van der Waals surface area (Å²) in [6, 6.07) is 20.7. The molecule has 1 saturated heterocycles. The molecule has 0 aliphatic carbocycles. The van der Waals surface area contributed by atoms with Crippen molar-refractivity contribution >= 4 is 5.91 Å². The highest BCUT2D eigenvalue weighted by molar-refractivity contribution is 5.83. The molecule has 5 nitrogen and oxygen atoms in total. The lowest BCUT2D eigenvalue weighted by atomic mass is 9.79. The molecule has 1 aliphatic heterocycles. The van der Waals surface area contributed by atoms with Crippen LogP contribution < -0.4 is 4.74 Å². The SMILES string of the molecule is COc1ccccc1CN1CC[C@@](Cc2ccc(-c3ccncc3)cc2)(C(=O)N(C)C)C1. The Bertz CT molecular complexity index is 1050. The average Bonchev–Trinajstić information content (AvgIpc) is 3.23. The van der Waals surface area contributed by atoms with Crippen molar-refractivity contribution in [1.29, 1.82) is 0 Å². The summed E-state index contributed by atoms with van der Waals surface area (Å²) in [5, 5.41) is 0. The van der Waals surface area contributed by atoms with E-state index in [1.54, 1.807) is 12.0 Å². The Hall–Kier alpha value is -3.18. The van der Waals surface area contributed by atoms with Gasteiger partial charge in [-0.1, -0.05) is 42.5 Å². The van der Waals surface area contributed by atoms with Crippen LogP contribution in [0.4, 0.5) is 0 Å². The van der Waals surface area contributed by atoms with Crippen molar-refractivity contribution in [2.75, 3.05) is 34.3 Å². The van der Waals surface area contributed by atoms with Crippen molar-refractivity contribution in [3.63, 3.8) is 0 Å². The molecule has 3 aromatic rings. The molecule has 1 aromatic heterocycles. The molecule has 0 saturated carbocycles. The summed E-state index contributed by atoms with van der Waals surface area (Å²) in [5.41, 5.74) is 4.24. The van der Waals surface area contributed by atoms with E-state index in [0.717, 1.165) is 54.9 Å². The smallest absolute Gasteiger partial charge is 0.229 e. The maximum atomic E-state index is 13.3. The van der Waals surface area contributed by atoms with Gasteiger partial charge < -0.3 is 9.64 Å². The van der Waals surface area contributed by atoms with Gasteiger partial charge in [0.15, 0.2) is 0 Å². The molecule has 4 rings (SSSR count). The van der Waals surface area contributed by atoms with Crippen LogP contribution in [-0.2, 0) is 17.8 Å². The number of para-hydroxylation sites is 1. The quantitative estimate of drug-likeness (QED) is 0.562. The minimum Gasteiger partial charge on any atom is -0.496 e. The minimum atomic E-state index is -0.413. The van der Waals surface area contributed by atoms with Crippen molar-refractivity contribution < 1.29 is 9.53 Å². The van der Waals surface area contributed by atoms with Gasteiger partial charge in [0.05, 0.1) is 12.5 Å². The molecular weight excluding hydrogens is 398 g/mol. The molecule has 166 valence electrons. The van der Waals surface area contributed by atoms with Crippen molar-refractivity contribution in [3.8, 4) is 16.9 Å². The van der Waals surface area contributed by atoms with E-state index in [0.29, 0.717) is 0 Å². The van der Waals surface area contributed by atoms with Gasteiger partial charge in [-0.15, -0.1) is 0 Å². The largest absolute Gasteiger partial charge is 0.496 e. The van der Waals surface area contributed by atoms with E-state index in [2.05, 4.69) is 40.2 Å². The van der Waals surface area contributed by atoms with Gasteiger partial charge in [-0.05, 0) is 54.3 Å². The number of amides is 1. The van der Waals surface area contributed by atoms with Gasteiger partial charge >= 0.3 is 0 Å². The highest BCUT2D eigenvalue weighted by Crippen LogP contribution is 2.37. The fraction of sp³-hybridized carbons (Fsp3) is 0.333. The zero-order valence-electron chi connectivity index (χ0n) is 19.1. The van der Waals surface area contributed by atoms with E-state index >= 15 is 0 Å².